The first kappa shape index (κ1) is 21.1. The van der Waals surface area contributed by atoms with Crippen molar-refractivity contribution in [3.63, 3.8) is 0 Å². The minimum atomic E-state index is -0.0782. The van der Waals surface area contributed by atoms with E-state index in [9.17, 15) is 9.59 Å². The molecular formula is C24H30N2O3S. The summed E-state index contributed by atoms with van der Waals surface area (Å²) in [6, 6.07) is 10.4. The summed E-state index contributed by atoms with van der Waals surface area (Å²) in [7, 11) is 1.66. The number of rotatable bonds is 8. The average molecular weight is 427 g/mol. The minimum absolute atomic E-state index is 0.0338. The molecule has 1 saturated carbocycles. The second-order valence-corrected chi connectivity index (χ2v) is 9.28. The summed E-state index contributed by atoms with van der Waals surface area (Å²) in [5, 5.41) is 2.12. The summed E-state index contributed by atoms with van der Waals surface area (Å²) in [5.74, 6) is 0.268. The number of hydrogen-bond acceptors (Lipinski definition) is 4. The summed E-state index contributed by atoms with van der Waals surface area (Å²) in [4.78, 5) is 31.4. The van der Waals surface area contributed by atoms with E-state index in [0.717, 1.165) is 25.7 Å². The normalized spacial score (nSPS) is 18.2. The van der Waals surface area contributed by atoms with Crippen LogP contribution < -0.4 is 0 Å². The van der Waals surface area contributed by atoms with Gasteiger partial charge >= 0.3 is 0 Å². The number of hydrogen-bond donors (Lipinski definition) is 0. The van der Waals surface area contributed by atoms with E-state index in [2.05, 4.69) is 30.5 Å². The van der Waals surface area contributed by atoms with E-state index in [1.807, 2.05) is 17.0 Å². The van der Waals surface area contributed by atoms with E-state index < -0.39 is 0 Å². The number of thiophene rings is 1. The van der Waals surface area contributed by atoms with Crippen molar-refractivity contribution in [2.75, 3.05) is 33.4 Å². The van der Waals surface area contributed by atoms with Crippen LogP contribution in [-0.2, 0) is 20.7 Å². The molecule has 2 aromatic rings. The first-order valence-corrected chi connectivity index (χ1v) is 11.7. The molecule has 6 heteroatoms. The summed E-state index contributed by atoms with van der Waals surface area (Å²) in [5.41, 5.74) is 3.59. The molecule has 0 unspecified atom stereocenters. The highest BCUT2D eigenvalue weighted by Crippen LogP contribution is 2.39. The molecule has 4 rings (SSSR count). The topological polar surface area (TPSA) is 49.9 Å². The predicted octanol–water partition coefficient (Wildman–Crippen LogP) is 3.81. The van der Waals surface area contributed by atoms with Crippen molar-refractivity contribution < 1.29 is 14.3 Å². The molecule has 1 aromatic heterocycles. The Bertz CT molecular complexity index is 905. The van der Waals surface area contributed by atoms with E-state index in [4.69, 9.17) is 4.74 Å². The Morgan fingerprint density at radius 3 is 2.73 bits per heavy atom. The number of carbonyl (C=O) groups is 2. The lowest BCUT2D eigenvalue weighted by Crippen LogP contribution is -2.47. The third-order valence-corrected chi connectivity index (χ3v) is 7.11. The van der Waals surface area contributed by atoms with Crippen molar-refractivity contribution in [3.8, 4) is 0 Å². The van der Waals surface area contributed by atoms with Crippen molar-refractivity contribution in [1.29, 1.82) is 0 Å². The zero-order chi connectivity index (χ0) is 21.1. The third-order valence-electron chi connectivity index (χ3n) is 6.11. The molecule has 2 heterocycles. The first-order valence-electron chi connectivity index (χ1n) is 10.8. The van der Waals surface area contributed by atoms with Gasteiger partial charge in [-0.15, -0.1) is 11.3 Å². The summed E-state index contributed by atoms with van der Waals surface area (Å²) < 4.78 is 5.16. The van der Waals surface area contributed by atoms with Crippen LogP contribution >= 0.6 is 11.3 Å². The third kappa shape index (κ3) is 4.44. The number of carbonyl (C=O) groups excluding carboxylic acids is 2. The van der Waals surface area contributed by atoms with Gasteiger partial charge in [-0.2, -0.15) is 0 Å². The first-order chi connectivity index (χ1) is 14.6. The van der Waals surface area contributed by atoms with Gasteiger partial charge in [-0.1, -0.05) is 24.3 Å². The number of methoxy groups -OCH3 is 1. The van der Waals surface area contributed by atoms with E-state index in [-0.39, 0.29) is 30.3 Å². The van der Waals surface area contributed by atoms with Gasteiger partial charge in [-0.3, -0.25) is 9.59 Å². The Kier molecular flexibility index (Phi) is 6.54. The minimum Gasteiger partial charge on any atom is -0.385 e. The number of ether oxygens (including phenoxy) is 1. The fourth-order valence-electron chi connectivity index (χ4n) is 4.32. The van der Waals surface area contributed by atoms with Gasteiger partial charge in [-0.25, -0.2) is 0 Å². The Morgan fingerprint density at radius 1 is 1.20 bits per heavy atom. The Labute approximate surface area is 182 Å². The summed E-state index contributed by atoms with van der Waals surface area (Å²) >= 11 is 1.77. The van der Waals surface area contributed by atoms with Crippen LogP contribution in [0.15, 0.2) is 35.7 Å². The van der Waals surface area contributed by atoms with Crippen molar-refractivity contribution in [2.45, 2.75) is 38.6 Å². The smallest absolute Gasteiger partial charge is 0.242 e. The Morgan fingerprint density at radius 2 is 2.00 bits per heavy atom. The quantitative estimate of drug-likeness (QED) is 0.603. The zero-order valence-corrected chi connectivity index (χ0v) is 18.6. The molecule has 0 N–H and O–H groups in total. The highest BCUT2D eigenvalue weighted by Gasteiger charge is 2.37. The fourth-order valence-corrected chi connectivity index (χ4v) is 5.23. The van der Waals surface area contributed by atoms with E-state index in [1.165, 1.54) is 21.6 Å². The molecule has 1 fully saturated rings. The molecular weight excluding hydrogens is 396 g/mol. The lowest BCUT2D eigenvalue weighted by atomic mass is 9.90. The van der Waals surface area contributed by atoms with Crippen molar-refractivity contribution in [3.05, 3.63) is 57.3 Å². The Balaban J connectivity index is 1.58. The van der Waals surface area contributed by atoms with Gasteiger partial charge in [0.25, 0.3) is 0 Å². The molecule has 30 heavy (non-hydrogen) atoms. The van der Waals surface area contributed by atoms with Crippen LogP contribution in [0, 0.1) is 12.8 Å². The van der Waals surface area contributed by atoms with Crippen molar-refractivity contribution in [1.82, 2.24) is 9.80 Å². The summed E-state index contributed by atoms with van der Waals surface area (Å²) in [6.07, 6.45) is 3.52. The molecule has 5 nitrogen and oxygen atoms in total. The molecule has 0 saturated heterocycles. The van der Waals surface area contributed by atoms with Gasteiger partial charge in [-0.05, 0) is 60.7 Å². The standard InChI is InChI=1S/C24H30N2O3S/c1-17-6-3-4-7-19(17)23-20-11-15-30-21(20)10-13-26(23)22(27)16-25(12-5-14-29-2)24(28)18-8-9-18/h3-4,6-7,11,15,18,23H,5,8-10,12-14,16H2,1-2H3/t23-/m1/s1. The molecule has 2 amide bonds. The van der Waals surface area contributed by atoms with E-state index in [0.29, 0.717) is 19.7 Å². The molecule has 1 atom stereocenters. The molecule has 1 aliphatic heterocycles. The van der Waals surface area contributed by atoms with E-state index >= 15 is 0 Å². The number of amides is 2. The predicted molar refractivity (Wildman–Crippen MR) is 119 cm³/mol. The van der Waals surface area contributed by atoms with Crippen LogP contribution in [0.3, 0.4) is 0 Å². The monoisotopic (exact) mass is 426 g/mol. The van der Waals surface area contributed by atoms with Gasteiger partial charge < -0.3 is 14.5 Å². The lowest BCUT2D eigenvalue weighted by Gasteiger charge is -2.38. The molecule has 160 valence electrons. The van der Waals surface area contributed by atoms with Crippen molar-refractivity contribution >= 4 is 23.2 Å². The number of fused-ring (bicyclic) bond motifs is 1. The maximum Gasteiger partial charge on any atom is 0.242 e. The maximum atomic E-state index is 13.5. The molecule has 0 bridgehead atoms. The highest BCUT2D eigenvalue weighted by molar-refractivity contribution is 7.10. The number of benzene rings is 1. The van der Waals surface area contributed by atoms with Gasteiger partial charge in [0.2, 0.25) is 11.8 Å². The Hall–Kier alpha value is -2.18. The van der Waals surface area contributed by atoms with Crippen LogP contribution in [0.2, 0.25) is 0 Å². The van der Waals surface area contributed by atoms with Gasteiger partial charge in [0, 0.05) is 37.6 Å². The van der Waals surface area contributed by atoms with Crippen LogP contribution in [-0.4, -0.2) is 55.0 Å². The van der Waals surface area contributed by atoms with Gasteiger partial charge in [0.1, 0.15) is 0 Å². The molecule has 1 aliphatic carbocycles. The van der Waals surface area contributed by atoms with Crippen LogP contribution in [0.25, 0.3) is 0 Å². The van der Waals surface area contributed by atoms with E-state index in [1.54, 1.807) is 23.3 Å². The SMILES string of the molecule is COCCCN(CC(=O)N1CCc2sccc2[C@H]1c1ccccc1C)C(=O)C1CC1. The second kappa shape index (κ2) is 9.31. The molecule has 2 aliphatic rings. The van der Waals surface area contributed by atoms with Crippen LogP contribution in [0.1, 0.15) is 46.9 Å². The molecule has 0 radical (unpaired) electrons. The maximum absolute atomic E-state index is 13.5. The largest absolute Gasteiger partial charge is 0.385 e. The molecule has 1 aromatic carbocycles. The average Bonchev–Trinajstić information content (AvgIpc) is 3.49. The number of aryl methyl sites for hydroxylation is 1. The van der Waals surface area contributed by atoms with Gasteiger partial charge in [0.05, 0.1) is 12.6 Å². The molecule has 0 spiro atoms. The zero-order valence-electron chi connectivity index (χ0n) is 17.8. The number of nitrogens with zero attached hydrogens (tertiary/aromatic N) is 2. The highest BCUT2D eigenvalue weighted by atomic mass is 32.1. The van der Waals surface area contributed by atoms with Crippen LogP contribution in [0.4, 0.5) is 0 Å². The van der Waals surface area contributed by atoms with Gasteiger partial charge in [0.15, 0.2) is 0 Å². The fraction of sp³-hybridized carbons (Fsp3) is 0.500. The van der Waals surface area contributed by atoms with Crippen LogP contribution in [0.5, 0.6) is 0 Å². The summed E-state index contributed by atoms with van der Waals surface area (Å²) in [6.45, 7) is 4.11. The lowest BCUT2D eigenvalue weighted by molar-refractivity contribution is -0.142. The van der Waals surface area contributed by atoms with Crippen molar-refractivity contribution in [2.24, 2.45) is 5.92 Å². The second-order valence-electron chi connectivity index (χ2n) is 8.28.